The molecule has 3 N–H and O–H groups in total. The van der Waals surface area contributed by atoms with Crippen molar-refractivity contribution in [2.75, 3.05) is 18.8 Å². The number of nitrogens with one attached hydrogen (secondary N) is 1. The predicted molar refractivity (Wildman–Crippen MR) is 116 cm³/mol. The molecule has 0 spiro atoms. The summed E-state index contributed by atoms with van der Waals surface area (Å²) in [6.45, 7) is -1.29. The van der Waals surface area contributed by atoms with Crippen LogP contribution in [0.25, 0.3) is 16.8 Å². The van der Waals surface area contributed by atoms with E-state index in [1.165, 1.54) is 0 Å². The molecule has 38 heavy (non-hydrogen) atoms. The molecule has 17 heteroatoms. The van der Waals surface area contributed by atoms with Gasteiger partial charge < -0.3 is 16.0 Å². The Kier molecular flexibility index (Phi) is 6.88. The summed E-state index contributed by atoms with van der Waals surface area (Å²) in [6, 6.07) is 0.571. The number of anilines is 1. The van der Waals surface area contributed by atoms with Gasteiger partial charge in [-0.25, -0.2) is 18.3 Å². The summed E-state index contributed by atoms with van der Waals surface area (Å²) in [5, 5.41) is 5.38. The summed E-state index contributed by atoms with van der Waals surface area (Å²) in [4.78, 5) is 28.7. The minimum atomic E-state index is -4.93. The fraction of sp³-hybridized carbons (Fsp3) is 0.333. The molecule has 3 heterocycles. The van der Waals surface area contributed by atoms with E-state index in [1.54, 1.807) is 0 Å². The van der Waals surface area contributed by atoms with Crippen molar-refractivity contribution >= 4 is 34.7 Å². The van der Waals surface area contributed by atoms with E-state index >= 15 is 0 Å². The second-order valence-corrected chi connectivity index (χ2v) is 8.75. The van der Waals surface area contributed by atoms with Gasteiger partial charge in [0.15, 0.2) is 5.82 Å². The lowest BCUT2D eigenvalue weighted by atomic mass is 10.1. The average Bonchev–Trinajstić information content (AvgIpc) is 3.34. The minimum absolute atomic E-state index is 0.460. The first-order chi connectivity index (χ1) is 17.6. The Morgan fingerprint density at radius 3 is 2.45 bits per heavy atom. The number of likely N-dealkylation sites (tertiary alicyclic amines) is 1. The van der Waals surface area contributed by atoms with Crippen LogP contribution in [0.5, 0.6) is 0 Å². The molecule has 1 aromatic carbocycles. The molecule has 0 unspecified atom stereocenters. The van der Waals surface area contributed by atoms with Gasteiger partial charge in [0.1, 0.15) is 30.3 Å². The zero-order valence-corrected chi connectivity index (χ0v) is 19.4. The summed E-state index contributed by atoms with van der Waals surface area (Å²) >= 11 is 5.96. The molecule has 1 fully saturated rings. The number of alkyl halides is 7. The lowest BCUT2D eigenvalue weighted by Crippen LogP contribution is -2.42. The third kappa shape index (κ3) is 5.30. The number of carbonyl (C=O) groups is 2. The Balaban J connectivity index is 1.66. The molecule has 0 radical (unpaired) electrons. The quantitative estimate of drug-likeness (QED) is 0.461. The molecular formula is C21H15ClF8N6O2. The van der Waals surface area contributed by atoms with Crippen molar-refractivity contribution in [3.05, 3.63) is 46.5 Å². The van der Waals surface area contributed by atoms with Gasteiger partial charge in [-0.2, -0.15) is 31.4 Å². The topological polar surface area (TPSA) is 106 Å². The molecule has 204 valence electrons. The van der Waals surface area contributed by atoms with Gasteiger partial charge in [-0.3, -0.25) is 9.59 Å². The summed E-state index contributed by atoms with van der Waals surface area (Å²) in [7, 11) is 0. The molecule has 4 rings (SSSR count). The average molecular weight is 571 g/mol. The van der Waals surface area contributed by atoms with Crippen LogP contribution in [-0.2, 0) is 11.0 Å². The largest absolute Gasteiger partial charge is 0.418 e. The van der Waals surface area contributed by atoms with Gasteiger partial charge in [0.25, 0.3) is 5.91 Å². The van der Waals surface area contributed by atoms with E-state index in [9.17, 15) is 44.7 Å². The molecule has 0 saturated carbocycles. The van der Waals surface area contributed by atoms with E-state index in [-0.39, 0.29) is 0 Å². The number of nitrogen functional groups attached to an aromatic ring is 1. The molecule has 2 amide bonds. The Morgan fingerprint density at radius 2 is 1.82 bits per heavy atom. The molecule has 3 aromatic rings. The molecule has 0 aliphatic carbocycles. The predicted octanol–water partition coefficient (Wildman–Crippen LogP) is 4.02. The number of nitrogens with two attached hydrogens (primary N) is 1. The van der Waals surface area contributed by atoms with Gasteiger partial charge in [0, 0.05) is 12.1 Å². The third-order valence-corrected chi connectivity index (χ3v) is 6.05. The summed E-state index contributed by atoms with van der Waals surface area (Å²) in [5.41, 5.74) is 2.15. The van der Waals surface area contributed by atoms with Crippen LogP contribution in [-0.4, -0.2) is 62.8 Å². The number of fused-ring (bicyclic) bond motifs is 1. The number of hydrogen-bond donors (Lipinski definition) is 2. The van der Waals surface area contributed by atoms with Crippen LogP contribution in [0, 0.1) is 5.82 Å². The van der Waals surface area contributed by atoms with E-state index in [0.29, 0.717) is 21.5 Å². The van der Waals surface area contributed by atoms with Gasteiger partial charge >= 0.3 is 12.4 Å². The maximum absolute atomic E-state index is 14.9. The van der Waals surface area contributed by atoms with Gasteiger partial charge in [-0.05, 0) is 18.2 Å². The number of rotatable bonds is 4. The zero-order chi connectivity index (χ0) is 28.2. The van der Waals surface area contributed by atoms with Crippen LogP contribution >= 0.6 is 11.6 Å². The smallest absolute Gasteiger partial charge is 0.382 e. The first-order valence-electron chi connectivity index (χ1n) is 10.5. The number of amides is 2. The van der Waals surface area contributed by atoms with Gasteiger partial charge in [0.2, 0.25) is 5.91 Å². The fourth-order valence-corrected chi connectivity index (χ4v) is 4.26. The maximum Gasteiger partial charge on any atom is 0.418 e. The molecular weight excluding hydrogens is 556 g/mol. The van der Waals surface area contributed by atoms with E-state index in [0.717, 1.165) is 12.4 Å². The highest BCUT2D eigenvalue weighted by molar-refractivity contribution is 6.34. The highest BCUT2D eigenvalue weighted by Crippen LogP contribution is 2.40. The van der Waals surface area contributed by atoms with Crippen LogP contribution in [0.2, 0.25) is 5.02 Å². The first kappa shape index (κ1) is 27.3. The molecule has 8 nitrogen and oxygen atoms in total. The number of carbonyl (C=O) groups excluding carboxylic acids is 2. The van der Waals surface area contributed by atoms with Crippen molar-refractivity contribution in [3.63, 3.8) is 0 Å². The summed E-state index contributed by atoms with van der Waals surface area (Å²) < 4.78 is 108. The standard InChI is InChI=1S/C21H15ClF8N6O2/c22-11-3-12(23)9(15-2-10(21(28,29)30)17-18(31)32-7-33-36(15)17)1-8(11)19(38)34-14-6-35(5-13(14)24)16(37)4-20(25,26)27/h1-3,7,13-14H,4-6H2,(H,34,38)(H2,31,32,33)/t13-,14+/m0/s1. The van der Waals surface area contributed by atoms with E-state index < -0.39 is 100 Å². The molecule has 2 aromatic heterocycles. The van der Waals surface area contributed by atoms with Gasteiger partial charge in [-0.15, -0.1) is 0 Å². The van der Waals surface area contributed by atoms with E-state index in [2.05, 4.69) is 15.4 Å². The van der Waals surface area contributed by atoms with Crippen molar-refractivity contribution in [1.82, 2.24) is 24.8 Å². The second kappa shape index (κ2) is 9.56. The summed E-state index contributed by atoms with van der Waals surface area (Å²) in [6.07, 6.45) is -12.7. The lowest BCUT2D eigenvalue weighted by molar-refractivity contribution is -0.160. The fourth-order valence-electron chi connectivity index (χ4n) is 4.03. The van der Waals surface area contributed by atoms with E-state index in [4.69, 9.17) is 17.3 Å². The van der Waals surface area contributed by atoms with Crippen molar-refractivity contribution in [2.24, 2.45) is 0 Å². The van der Waals surface area contributed by atoms with Crippen molar-refractivity contribution in [2.45, 2.75) is 31.0 Å². The van der Waals surface area contributed by atoms with Crippen LogP contribution < -0.4 is 11.1 Å². The Morgan fingerprint density at radius 1 is 1.13 bits per heavy atom. The van der Waals surface area contributed by atoms with Crippen LogP contribution in [0.4, 0.5) is 40.9 Å². The monoisotopic (exact) mass is 570 g/mol. The summed E-state index contributed by atoms with van der Waals surface area (Å²) in [5.74, 6) is -4.18. The zero-order valence-electron chi connectivity index (χ0n) is 18.7. The van der Waals surface area contributed by atoms with Crippen molar-refractivity contribution in [1.29, 1.82) is 0 Å². The third-order valence-electron chi connectivity index (χ3n) is 5.73. The normalized spacial score (nSPS) is 18.3. The van der Waals surface area contributed by atoms with Crippen LogP contribution in [0.3, 0.4) is 0 Å². The van der Waals surface area contributed by atoms with Crippen molar-refractivity contribution < 1.29 is 44.7 Å². The Bertz CT molecular complexity index is 1420. The molecule has 1 saturated heterocycles. The highest BCUT2D eigenvalue weighted by Gasteiger charge is 2.41. The molecule has 0 bridgehead atoms. The van der Waals surface area contributed by atoms with E-state index in [1.807, 2.05) is 0 Å². The Labute approximate surface area is 212 Å². The molecule has 1 aliphatic rings. The number of aromatic nitrogens is 3. The van der Waals surface area contributed by atoms with Crippen LogP contribution in [0.1, 0.15) is 22.3 Å². The second-order valence-electron chi connectivity index (χ2n) is 8.35. The Hall–Kier alpha value is -3.69. The van der Waals surface area contributed by atoms with Gasteiger partial charge in [0.05, 0.1) is 34.4 Å². The maximum atomic E-state index is 14.9. The SMILES string of the molecule is Nc1ncnn2c(-c3cc(C(=O)N[C@@H]4CN(C(=O)CC(F)(F)F)C[C@@H]4F)c(Cl)cc3F)cc(C(F)(F)F)c12. The number of nitrogens with zero attached hydrogens (tertiary/aromatic N) is 4. The minimum Gasteiger partial charge on any atom is -0.382 e. The molecule has 2 atom stereocenters. The highest BCUT2D eigenvalue weighted by atomic mass is 35.5. The van der Waals surface area contributed by atoms with Crippen molar-refractivity contribution in [3.8, 4) is 11.3 Å². The number of hydrogen-bond acceptors (Lipinski definition) is 5. The van der Waals surface area contributed by atoms with Crippen LogP contribution in [0.15, 0.2) is 24.5 Å². The number of benzene rings is 1. The number of halogens is 9. The van der Waals surface area contributed by atoms with Gasteiger partial charge in [-0.1, -0.05) is 11.6 Å². The first-order valence-corrected chi connectivity index (χ1v) is 10.9. The molecule has 1 aliphatic heterocycles. The lowest BCUT2D eigenvalue weighted by Gasteiger charge is -2.18.